The third-order valence-corrected chi connectivity index (χ3v) is 7.24. The van der Waals surface area contributed by atoms with E-state index in [0.717, 1.165) is 0 Å². The van der Waals surface area contributed by atoms with Gasteiger partial charge in [0, 0.05) is 24.7 Å². The van der Waals surface area contributed by atoms with E-state index >= 15 is 0 Å². The molecule has 31 heavy (non-hydrogen) atoms. The van der Waals surface area contributed by atoms with Gasteiger partial charge < -0.3 is 9.64 Å². The van der Waals surface area contributed by atoms with Crippen LogP contribution in [0.15, 0.2) is 64.5 Å². The van der Waals surface area contributed by atoms with Gasteiger partial charge in [-0.1, -0.05) is 18.2 Å². The molecule has 1 atom stereocenters. The van der Waals surface area contributed by atoms with Crippen molar-refractivity contribution in [3.8, 4) is 0 Å². The second-order valence-electron chi connectivity index (χ2n) is 7.49. The highest BCUT2D eigenvalue weighted by molar-refractivity contribution is 7.91. The number of hydrogen-bond donors (Lipinski definition) is 0. The Morgan fingerprint density at radius 1 is 1.23 bits per heavy atom. The number of hydrogen-bond acceptors (Lipinski definition) is 6. The van der Waals surface area contributed by atoms with Crippen LogP contribution in [0.25, 0.3) is 10.9 Å². The first kappa shape index (κ1) is 21.2. The summed E-state index contributed by atoms with van der Waals surface area (Å²) >= 11 is 0. The lowest BCUT2D eigenvalue weighted by Gasteiger charge is -2.35. The average Bonchev–Trinajstić information content (AvgIpc) is 2.79. The number of esters is 1. The first-order chi connectivity index (χ1) is 14.9. The van der Waals surface area contributed by atoms with Crippen LogP contribution in [-0.4, -0.2) is 39.1 Å². The fourth-order valence-corrected chi connectivity index (χ4v) is 5.47. The number of carbonyl (C=O) groups excluding carboxylic acids is 1. The lowest BCUT2D eigenvalue weighted by molar-refractivity contribution is -0.148. The maximum absolute atomic E-state index is 14.2. The number of halogens is 1. The fraction of sp³-hybridized carbons (Fsp3) is 0.304. The number of sulfone groups is 1. The van der Waals surface area contributed by atoms with Crippen molar-refractivity contribution >= 4 is 32.4 Å². The minimum absolute atomic E-state index is 0.00121. The normalized spacial score (nSPS) is 17.0. The second-order valence-corrected chi connectivity index (χ2v) is 9.40. The quantitative estimate of drug-likeness (QED) is 0.556. The highest BCUT2D eigenvalue weighted by Crippen LogP contribution is 2.38. The number of pyridine rings is 1. The van der Waals surface area contributed by atoms with Gasteiger partial charge in [-0.15, -0.1) is 0 Å². The number of carbonyl (C=O) groups is 1. The number of nitrogens with zero attached hydrogens (tertiary/aromatic N) is 2. The molecule has 1 aliphatic heterocycles. The largest absolute Gasteiger partial charge is 0.466 e. The Morgan fingerprint density at radius 2 is 2.00 bits per heavy atom. The summed E-state index contributed by atoms with van der Waals surface area (Å²) in [5.41, 5.74) is 0.865. The molecule has 3 aromatic rings. The lowest BCUT2D eigenvalue weighted by atomic mass is 9.97. The van der Waals surface area contributed by atoms with Crippen LogP contribution in [0.2, 0.25) is 0 Å². The number of rotatable bonds is 5. The van der Waals surface area contributed by atoms with Crippen LogP contribution in [-0.2, 0) is 19.4 Å². The molecule has 0 spiro atoms. The number of fused-ring (bicyclic) bond motifs is 1. The molecule has 0 unspecified atom stereocenters. The summed E-state index contributed by atoms with van der Waals surface area (Å²) in [7, 11) is -3.91. The monoisotopic (exact) mass is 442 g/mol. The zero-order valence-electron chi connectivity index (χ0n) is 17.1. The Labute approximate surface area is 180 Å². The molecule has 0 amide bonds. The summed E-state index contributed by atoms with van der Waals surface area (Å²) in [5, 5.41) is 0.404. The number of piperidine rings is 1. The van der Waals surface area contributed by atoms with Crippen molar-refractivity contribution in [2.24, 2.45) is 5.92 Å². The Kier molecular flexibility index (Phi) is 5.91. The van der Waals surface area contributed by atoms with E-state index in [0.29, 0.717) is 42.5 Å². The van der Waals surface area contributed by atoms with Gasteiger partial charge in [0.2, 0.25) is 9.84 Å². The van der Waals surface area contributed by atoms with Crippen LogP contribution >= 0.6 is 0 Å². The average molecular weight is 443 g/mol. The van der Waals surface area contributed by atoms with E-state index in [1.165, 1.54) is 36.5 Å². The van der Waals surface area contributed by atoms with Gasteiger partial charge in [0.25, 0.3) is 0 Å². The van der Waals surface area contributed by atoms with E-state index in [1.54, 1.807) is 25.1 Å². The molecule has 0 N–H and O–H groups in total. The first-order valence-corrected chi connectivity index (χ1v) is 11.7. The van der Waals surface area contributed by atoms with Gasteiger partial charge in [-0.3, -0.25) is 9.78 Å². The van der Waals surface area contributed by atoms with E-state index < -0.39 is 15.7 Å². The fourth-order valence-electron chi connectivity index (χ4n) is 4.01. The number of anilines is 1. The van der Waals surface area contributed by atoms with Gasteiger partial charge in [0.05, 0.1) is 28.6 Å². The molecule has 0 radical (unpaired) electrons. The molecule has 162 valence electrons. The van der Waals surface area contributed by atoms with E-state index in [1.807, 2.05) is 4.90 Å². The summed E-state index contributed by atoms with van der Waals surface area (Å²) in [4.78, 5) is 18.6. The first-order valence-electron chi connectivity index (χ1n) is 10.2. The molecule has 1 aliphatic rings. The van der Waals surface area contributed by atoms with Crippen LogP contribution in [0, 0.1) is 11.7 Å². The van der Waals surface area contributed by atoms with Crippen molar-refractivity contribution in [1.82, 2.24) is 4.98 Å². The summed E-state index contributed by atoms with van der Waals surface area (Å²) in [5.74, 6) is -1.16. The maximum atomic E-state index is 14.2. The van der Waals surface area contributed by atoms with Crippen LogP contribution in [0.5, 0.6) is 0 Å². The van der Waals surface area contributed by atoms with Crippen molar-refractivity contribution in [2.45, 2.75) is 29.6 Å². The molecular formula is C23H23FN2O4S. The van der Waals surface area contributed by atoms with E-state index in [4.69, 9.17) is 4.74 Å². The number of benzene rings is 2. The van der Waals surface area contributed by atoms with Crippen LogP contribution in [0.3, 0.4) is 0 Å². The second kappa shape index (κ2) is 8.63. The van der Waals surface area contributed by atoms with Gasteiger partial charge in [-0.05, 0) is 50.1 Å². The molecule has 0 saturated carbocycles. The summed E-state index contributed by atoms with van der Waals surface area (Å²) < 4.78 is 46.3. The van der Waals surface area contributed by atoms with Crippen LogP contribution in [0.4, 0.5) is 10.1 Å². The summed E-state index contributed by atoms with van der Waals surface area (Å²) in [6.07, 6.45) is 2.67. The molecule has 4 rings (SSSR count). The Bertz CT molecular complexity index is 1210. The van der Waals surface area contributed by atoms with Crippen molar-refractivity contribution in [2.75, 3.05) is 24.6 Å². The predicted octanol–water partition coefficient (Wildman–Crippen LogP) is 3.99. The van der Waals surface area contributed by atoms with Crippen LogP contribution in [0.1, 0.15) is 19.8 Å². The van der Waals surface area contributed by atoms with Gasteiger partial charge in [-0.2, -0.15) is 0 Å². The molecular weight excluding hydrogens is 419 g/mol. The highest BCUT2D eigenvalue weighted by Gasteiger charge is 2.32. The van der Waals surface area contributed by atoms with E-state index in [-0.39, 0.29) is 28.3 Å². The van der Waals surface area contributed by atoms with Gasteiger partial charge in [0.15, 0.2) is 0 Å². The van der Waals surface area contributed by atoms with Crippen molar-refractivity contribution in [1.29, 1.82) is 0 Å². The predicted molar refractivity (Wildman–Crippen MR) is 115 cm³/mol. The lowest BCUT2D eigenvalue weighted by Crippen LogP contribution is -2.40. The third-order valence-electron chi connectivity index (χ3n) is 5.47. The van der Waals surface area contributed by atoms with Crippen molar-refractivity contribution < 1.29 is 22.3 Å². The van der Waals surface area contributed by atoms with Gasteiger partial charge in [-0.25, -0.2) is 12.8 Å². The molecule has 0 aliphatic carbocycles. The zero-order chi connectivity index (χ0) is 22.0. The Hall–Kier alpha value is -3.00. The Morgan fingerprint density at radius 3 is 2.74 bits per heavy atom. The van der Waals surface area contributed by atoms with E-state index in [2.05, 4.69) is 4.98 Å². The topological polar surface area (TPSA) is 76.6 Å². The highest BCUT2D eigenvalue weighted by atomic mass is 32.2. The molecule has 8 heteroatoms. The molecule has 0 bridgehead atoms. The summed E-state index contributed by atoms with van der Waals surface area (Å²) in [6, 6.07) is 12.2. The minimum Gasteiger partial charge on any atom is -0.466 e. The third kappa shape index (κ3) is 4.12. The maximum Gasteiger partial charge on any atom is 0.310 e. The Balaban J connectivity index is 1.89. The molecule has 2 heterocycles. The zero-order valence-corrected chi connectivity index (χ0v) is 17.9. The molecule has 6 nitrogen and oxygen atoms in total. The van der Waals surface area contributed by atoms with Crippen molar-refractivity contribution in [3.63, 3.8) is 0 Å². The number of aromatic nitrogens is 1. The van der Waals surface area contributed by atoms with Gasteiger partial charge in [0.1, 0.15) is 10.7 Å². The van der Waals surface area contributed by atoms with Crippen LogP contribution < -0.4 is 4.90 Å². The molecule has 2 aromatic carbocycles. The molecule has 1 saturated heterocycles. The molecule has 1 fully saturated rings. The smallest absolute Gasteiger partial charge is 0.310 e. The summed E-state index contributed by atoms with van der Waals surface area (Å²) in [6.45, 7) is 2.88. The number of ether oxygens (including phenoxy) is 1. The minimum atomic E-state index is -3.91. The van der Waals surface area contributed by atoms with E-state index in [9.17, 15) is 17.6 Å². The SMILES string of the molecule is CCOC(=O)[C@H]1CCCN(c2c(S(=O)(=O)c3ccccc3)cnc3ccc(F)cc23)C1. The standard InChI is InChI=1S/C23H23FN2O4S/c1-2-30-23(27)16-7-6-12-26(15-16)22-19-13-17(24)10-11-20(19)25-14-21(22)31(28,29)18-8-4-3-5-9-18/h3-5,8-11,13-14,16H,2,6-7,12,15H2,1H3/t16-/m0/s1. The van der Waals surface area contributed by atoms with Gasteiger partial charge >= 0.3 is 5.97 Å². The molecule has 1 aromatic heterocycles. The van der Waals surface area contributed by atoms with Crippen molar-refractivity contribution in [3.05, 3.63) is 60.5 Å².